The van der Waals surface area contributed by atoms with Crippen LogP contribution in [0.2, 0.25) is 0 Å². The topological polar surface area (TPSA) is 73.2 Å². The second-order valence-corrected chi connectivity index (χ2v) is 7.60. The molecule has 1 aliphatic rings. The Morgan fingerprint density at radius 1 is 1.17 bits per heavy atom. The van der Waals surface area contributed by atoms with Gasteiger partial charge in [-0.2, -0.15) is 0 Å². The Morgan fingerprint density at radius 2 is 1.90 bits per heavy atom. The van der Waals surface area contributed by atoms with Gasteiger partial charge < -0.3 is 10.0 Å². The normalized spacial score (nSPS) is 16.9. The summed E-state index contributed by atoms with van der Waals surface area (Å²) in [4.78, 5) is 32.1. The highest BCUT2D eigenvalue weighted by Crippen LogP contribution is 2.32. The lowest BCUT2D eigenvalue weighted by molar-refractivity contribution is -0.121. The van der Waals surface area contributed by atoms with Gasteiger partial charge in [0, 0.05) is 26.8 Å². The lowest BCUT2D eigenvalue weighted by atomic mass is 10.2. The molecule has 2 aromatic rings. The van der Waals surface area contributed by atoms with E-state index in [2.05, 4.69) is 4.99 Å². The van der Waals surface area contributed by atoms with Gasteiger partial charge in [0.2, 0.25) is 0 Å². The van der Waals surface area contributed by atoms with E-state index >= 15 is 0 Å². The minimum absolute atomic E-state index is 0.143. The minimum Gasteiger partial charge on any atom is -0.478 e. The molecule has 0 bridgehead atoms. The summed E-state index contributed by atoms with van der Waals surface area (Å²) in [5.74, 6) is -1.16. The van der Waals surface area contributed by atoms with Crippen LogP contribution in [0.4, 0.5) is 11.4 Å². The Hall–Kier alpha value is -3.32. The van der Waals surface area contributed by atoms with Crippen LogP contribution < -0.4 is 4.90 Å². The fraction of sp³-hybridized carbons (Fsp3) is 0.136. The number of thioether (sulfide) groups is 1. The van der Waals surface area contributed by atoms with Gasteiger partial charge in [0.25, 0.3) is 5.91 Å². The number of carboxylic acids is 1. The average Bonchev–Trinajstić information content (AvgIpc) is 2.96. The van der Waals surface area contributed by atoms with Crippen molar-refractivity contribution in [2.45, 2.75) is 0 Å². The smallest absolute Gasteiger partial charge is 0.335 e. The van der Waals surface area contributed by atoms with Crippen molar-refractivity contribution >= 4 is 46.3 Å². The fourth-order valence-electron chi connectivity index (χ4n) is 2.61. The molecule has 148 valence electrons. The molecular formula is C22H21N3O3S. The molecule has 7 heteroatoms. The predicted octanol–water partition coefficient (Wildman–Crippen LogP) is 4.24. The van der Waals surface area contributed by atoms with Gasteiger partial charge in [-0.1, -0.05) is 30.4 Å². The molecule has 1 saturated heterocycles. The number of nitrogens with zero attached hydrogens (tertiary/aromatic N) is 3. The van der Waals surface area contributed by atoms with Crippen LogP contribution in [0, 0.1) is 0 Å². The summed E-state index contributed by atoms with van der Waals surface area (Å²) >= 11 is 1.26. The molecule has 0 unspecified atom stereocenters. The van der Waals surface area contributed by atoms with Gasteiger partial charge in [-0.15, -0.1) is 0 Å². The van der Waals surface area contributed by atoms with Crippen LogP contribution in [0.5, 0.6) is 0 Å². The first-order chi connectivity index (χ1) is 13.8. The number of hydrogen-bond acceptors (Lipinski definition) is 5. The first-order valence-electron chi connectivity index (χ1n) is 8.89. The van der Waals surface area contributed by atoms with Crippen molar-refractivity contribution in [2.75, 3.05) is 26.0 Å². The molecule has 1 aliphatic heterocycles. The Morgan fingerprint density at radius 3 is 2.55 bits per heavy atom. The molecule has 2 aromatic carbocycles. The molecule has 1 amide bonds. The maximum Gasteiger partial charge on any atom is 0.335 e. The number of anilines is 1. The number of hydrogen-bond donors (Lipinski definition) is 1. The van der Waals surface area contributed by atoms with Gasteiger partial charge in [0.05, 0.1) is 16.2 Å². The second kappa shape index (κ2) is 8.79. The SMILES string of the molecule is CN1C(=O)/C(=C/C=C/c2ccc(N(C)C)cc2)SC1=Nc1cccc(C(=O)O)c1. The Balaban J connectivity index is 1.75. The monoisotopic (exact) mass is 407 g/mol. The molecule has 1 N–H and O–H groups in total. The van der Waals surface area contributed by atoms with Gasteiger partial charge >= 0.3 is 5.97 Å². The van der Waals surface area contributed by atoms with Crippen LogP contribution in [0.1, 0.15) is 15.9 Å². The number of allylic oxidation sites excluding steroid dienone is 2. The standard InChI is InChI=1S/C22H21N3O3S/c1-24(2)18-12-10-15(11-13-18)6-4-9-19-20(26)25(3)22(29-19)23-17-8-5-7-16(14-17)21(27)28/h4-14H,1-3H3,(H,27,28)/b6-4+,19-9-,23-22?. The molecule has 6 nitrogen and oxygen atoms in total. The maximum absolute atomic E-state index is 12.5. The lowest BCUT2D eigenvalue weighted by Crippen LogP contribution is -2.23. The summed E-state index contributed by atoms with van der Waals surface area (Å²) in [5.41, 5.74) is 2.81. The highest BCUT2D eigenvalue weighted by atomic mass is 32.2. The van der Waals surface area contributed by atoms with Gasteiger partial charge in [0.15, 0.2) is 5.17 Å². The van der Waals surface area contributed by atoms with E-state index in [0.29, 0.717) is 15.8 Å². The Labute approximate surface area is 173 Å². The Bertz CT molecular complexity index is 1020. The Kier molecular flexibility index (Phi) is 6.19. The predicted molar refractivity (Wildman–Crippen MR) is 119 cm³/mol. The molecule has 0 saturated carbocycles. The number of carbonyl (C=O) groups is 2. The van der Waals surface area contributed by atoms with E-state index in [0.717, 1.165) is 11.3 Å². The van der Waals surface area contributed by atoms with E-state index in [9.17, 15) is 9.59 Å². The summed E-state index contributed by atoms with van der Waals surface area (Å²) in [6, 6.07) is 14.4. The lowest BCUT2D eigenvalue weighted by Gasteiger charge is -2.11. The van der Waals surface area contributed by atoms with Gasteiger partial charge in [-0.3, -0.25) is 9.69 Å². The first kappa shape index (κ1) is 20.4. The van der Waals surface area contributed by atoms with Gasteiger partial charge in [0.1, 0.15) is 0 Å². The molecule has 29 heavy (non-hydrogen) atoms. The first-order valence-corrected chi connectivity index (χ1v) is 9.70. The number of carbonyl (C=O) groups excluding carboxylic acids is 1. The number of aromatic carboxylic acids is 1. The summed E-state index contributed by atoms with van der Waals surface area (Å²) in [6.07, 6.45) is 5.54. The van der Waals surface area contributed by atoms with Crippen molar-refractivity contribution in [3.05, 3.63) is 76.7 Å². The van der Waals surface area contributed by atoms with Crippen molar-refractivity contribution in [2.24, 2.45) is 4.99 Å². The van der Waals surface area contributed by atoms with E-state index in [1.807, 2.05) is 55.4 Å². The molecule has 1 fully saturated rings. The number of aliphatic imine (C=N–C) groups is 1. The van der Waals surface area contributed by atoms with Crippen molar-refractivity contribution in [1.82, 2.24) is 4.90 Å². The van der Waals surface area contributed by atoms with Crippen molar-refractivity contribution < 1.29 is 14.7 Å². The van der Waals surface area contributed by atoms with E-state index in [1.54, 1.807) is 25.3 Å². The number of likely N-dealkylation sites (N-methyl/N-ethyl adjacent to an activating group) is 1. The fourth-order valence-corrected chi connectivity index (χ4v) is 3.55. The van der Waals surface area contributed by atoms with Gasteiger partial charge in [-0.05, 0) is 53.7 Å². The van der Waals surface area contributed by atoms with E-state index < -0.39 is 5.97 Å². The third-order valence-corrected chi connectivity index (χ3v) is 5.35. The average molecular weight is 407 g/mol. The highest BCUT2D eigenvalue weighted by molar-refractivity contribution is 8.18. The molecule has 0 spiro atoms. The van der Waals surface area contributed by atoms with Crippen molar-refractivity contribution in [3.63, 3.8) is 0 Å². The van der Waals surface area contributed by atoms with Crippen LogP contribution in [-0.4, -0.2) is 48.2 Å². The number of amides is 1. The zero-order chi connectivity index (χ0) is 21.0. The number of benzene rings is 2. The molecule has 3 rings (SSSR count). The van der Waals surface area contributed by atoms with Crippen LogP contribution in [0.3, 0.4) is 0 Å². The van der Waals surface area contributed by atoms with Crippen LogP contribution in [-0.2, 0) is 4.79 Å². The molecule has 0 atom stereocenters. The third kappa shape index (κ3) is 4.94. The summed E-state index contributed by atoms with van der Waals surface area (Å²) in [6.45, 7) is 0. The number of amidine groups is 1. The number of rotatable bonds is 5. The van der Waals surface area contributed by atoms with Crippen LogP contribution in [0.15, 0.2) is 70.6 Å². The molecule has 0 aromatic heterocycles. The van der Waals surface area contributed by atoms with Crippen molar-refractivity contribution in [1.29, 1.82) is 0 Å². The summed E-state index contributed by atoms with van der Waals surface area (Å²) in [5, 5.41) is 9.61. The second-order valence-electron chi connectivity index (χ2n) is 6.59. The quantitative estimate of drug-likeness (QED) is 0.751. The molecule has 0 radical (unpaired) electrons. The van der Waals surface area contributed by atoms with E-state index in [4.69, 9.17) is 5.11 Å². The zero-order valence-electron chi connectivity index (χ0n) is 16.4. The summed E-state index contributed by atoms with van der Waals surface area (Å²) < 4.78 is 0. The largest absolute Gasteiger partial charge is 0.478 e. The molecule has 1 heterocycles. The summed E-state index contributed by atoms with van der Waals surface area (Å²) in [7, 11) is 5.64. The van der Waals surface area contributed by atoms with Gasteiger partial charge in [-0.25, -0.2) is 9.79 Å². The van der Waals surface area contributed by atoms with Crippen molar-refractivity contribution in [3.8, 4) is 0 Å². The molecular weight excluding hydrogens is 386 g/mol. The zero-order valence-corrected chi connectivity index (χ0v) is 17.2. The maximum atomic E-state index is 12.5. The van der Waals surface area contributed by atoms with Crippen LogP contribution >= 0.6 is 11.8 Å². The van der Waals surface area contributed by atoms with E-state index in [-0.39, 0.29) is 11.5 Å². The molecule has 0 aliphatic carbocycles. The van der Waals surface area contributed by atoms with E-state index in [1.165, 1.54) is 28.8 Å². The van der Waals surface area contributed by atoms with Crippen LogP contribution in [0.25, 0.3) is 6.08 Å². The third-order valence-electron chi connectivity index (χ3n) is 4.27. The number of carboxylic acid groups (broad SMARTS) is 1. The minimum atomic E-state index is -1.01. The highest BCUT2D eigenvalue weighted by Gasteiger charge is 2.29.